The monoisotopic (exact) mass is 342 g/mol. The van der Waals surface area contributed by atoms with Crippen LogP contribution in [0.1, 0.15) is 29.8 Å². The number of amides is 1. The minimum absolute atomic E-state index is 0.0391. The second-order valence-corrected chi connectivity index (χ2v) is 6.53. The summed E-state index contributed by atoms with van der Waals surface area (Å²) >= 11 is 0. The van der Waals surface area contributed by atoms with Gasteiger partial charge in [0.2, 0.25) is 0 Å². The third kappa shape index (κ3) is 3.45. The standard InChI is InChI=1S/C19H26N4O2/c1-14-17(15(2)23(22-14)16-7-5-4-6-8-16)13-21-18(24)19(25-3)9-11-20-12-10-19/h4-8,20H,9-13H2,1-3H3,(H,21,24). The van der Waals surface area contributed by atoms with E-state index in [0.29, 0.717) is 19.4 Å². The second-order valence-electron chi connectivity index (χ2n) is 6.53. The number of nitrogens with zero attached hydrogens (tertiary/aromatic N) is 2. The summed E-state index contributed by atoms with van der Waals surface area (Å²) in [6.07, 6.45) is 1.38. The molecule has 0 aliphatic carbocycles. The van der Waals surface area contributed by atoms with Gasteiger partial charge in [0.05, 0.1) is 11.4 Å². The van der Waals surface area contributed by atoms with E-state index in [9.17, 15) is 4.79 Å². The van der Waals surface area contributed by atoms with Crippen LogP contribution in [-0.2, 0) is 16.1 Å². The van der Waals surface area contributed by atoms with E-state index in [1.54, 1.807) is 7.11 Å². The van der Waals surface area contributed by atoms with Crippen molar-refractivity contribution in [1.82, 2.24) is 20.4 Å². The van der Waals surface area contributed by atoms with Crippen LogP contribution in [0.15, 0.2) is 30.3 Å². The number of aryl methyl sites for hydroxylation is 1. The summed E-state index contributed by atoms with van der Waals surface area (Å²) in [4.78, 5) is 12.7. The molecule has 134 valence electrons. The number of carbonyl (C=O) groups is 1. The SMILES string of the molecule is COC1(C(=O)NCc2c(C)nn(-c3ccccc3)c2C)CCNCC1. The number of aromatic nitrogens is 2. The summed E-state index contributed by atoms with van der Waals surface area (Å²) in [5.74, 6) is -0.0391. The number of hydrogen-bond acceptors (Lipinski definition) is 4. The van der Waals surface area contributed by atoms with Crippen molar-refractivity contribution in [3.8, 4) is 5.69 Å². The highest BCUT2D eigenvalue weighted by atomic mass is 16.5. The number of piperidine rings is 1. The smallest absolute Gasteiger partial charge is 0.252 e. The lowest BCUT2D eigenvalue weighted by Crippen LogP contribution is -2.54. The average molecular weight is 342 g/mol. The predicted octanol–water partition coefficient (Wildman–Crippen LogP) is 1.87. The van der Waals surface area contributed by atoms with Crippen LogP contribution in [0.3, 0.4) is 0 Å². The lowest BCUT2D eigenvalue weighted by molar-refractivity contribution is -0.146. The fourth-order valence-electron chi connectivity index (χ4n) is 3.44. The zero-order valence-corrected chi connectivity index (χ0v) is 15.1. The van der Waals surface area contributed by atoms with Crippen LogP contribution in [-0.4, -0.2) is 41.5 Å². The number of hydrogen-bond donors (Lipinski definition) is 2. The molecule has 6 nitrogen and oxygen atoms in total. The van der Waals surface area contributed by atoms with Crippen molar-refractivity contribution in [2.75, 3.05) is 20.2 Å². The summed E-state index contributed by atoms with van der Waals surface area (Å²) < 4.78 is 7.52. The molecule has 2 heterocycles. The normalized spacial score (nSPS) is 16.6. The lowest BCUT2D eigenvalue weighted by atomic mass is 9.91. The van der Waals surface area contributed by atoms with Gasteiger partial charge in [0.25, 0.3) is 5.91 Å². The van der Waals surface area contributed by atoms with Crippen LogP contribution >= 0.6 is 0 Å². The molecule has 1 aliphatic heterocycles. The molecule has 0 radical (unpaired) electrons. The molecule has 25 heavy (non-hydrogen) atoms. The van der Waals surface area contributed by atoms with Gasteiger partial charge >= 0.3 is 0 Å². The maximum Gasteiger partial charge on any atom is 0.252 e. The van der Waals surface area contributed by atoms with E-state index in [2.05, 4.69) is 15.7 Å². The van der Waals surface area contributed by atoms with Crippen molar-refractivity contribution < 1.29 is 9.53 Å². The molecule has 1 fully saturated rings. The second kappa shape index (κ2) is 7.37. The van der Waals surface area contributed by atoms with Crippen LogP contribution in [0, 0.1) is 13.8 Å². The fraction of sp³-hybridized carbons (Fsp3) is 0.474. The molecule has 2 N–H and O–H groups in total. The summed E-state index contributed by atoms with van der Waals surface area (Å²) in [5.41, 5.74) is 3.33. The molecule has 0 unspecified atom stereocenters. The fourth-order valence-corrected chi connectivity index (χ4v) is 3.44. The third-order valence-electron chi connectivity index (χ3n) is 5.08. The number of ether oxygens (including phenoxy) is 1. The van der Waals surface area contributed by atoms with E-state index in [1.165, 1.54) is 0 Å². The van der Waals surface area contributed by atoms with E-state index >= 15 is 0 Å². The van der Waals surface area contributed by atoms with Gasteiger partial charge in [-0.1, -0.05) is 18.2 Å². The van der Waals surface area contributed by atoms with E-state index in [0.717, 1.165) is 35.7 Å². The highest BCUT2D eigenvalue weighted by molar-refractivity contribution is 5.85. The molecule has 0 saturated carbocycles. The first-order valence-corrected chi connectivity index (χ1v) is 8.72. The summed E-state index contributed by atoms with van der Waals surface area (Å²) in [5, 5.41) is 11.0. The van der Waals surface area contributed by atoms with Crippen molar-refractivity contribution in [2.24, 2.45) is 0 Å². The number of nitrogens with one attached hydrogen (secondary N) is 2. The van der Waals surface area contributed by atoms with Crippen molar-refractivity contribution in [1.29, 1.82) is 0 Å². The molecule has 0 spiro atoms. The minimum Gasteiger partial charge on any atom is -0.368 e. The van der Waals surface area contributed by atoms with Gasteiger partial charge in [-0.25, -0.2) is 4.68 Å². The molecule has 1 saturated heterocycles. The average Bonchev–Trinajstić information content (AvgIpc) is 2.95. The van der Waals surface area contributed by atoms with Crippen LogP contribution in [0.5, 0.6) is 0 Å². The van der Waals surface area contributed by atoms with Gasteiger partial charge in [-0.05, 0) is 51.9 Å². The van der Waals surface area contributed by atoms with Gasteiger partial charge in [0.15, 0.2) is 0 Å². The third-order valence-corrected chi connectivity index (χ3v) is 5.08. The number of para-hydroxylation sites is 1. The quantitative estimate of drug-likeness (QED) is 0.870. The first-order chi connectivity index (χ1) is 12.1. The van der Waals surface area contributed by atoms with E-state index in [-0.39, 0.29) is 5.91 Å². The Kier molecular flexibility index (Phi) is 5.20. The molecule has 6 heteroatoms. The lowest BCUT2D eigenvalue weighted by Gasteiger charge is -2.34. The number of carbonyl (C=O) groups excluding carboxylic acids is 1. The molecule has 1 aromatic heterocycles. The Hall–Kier alpha value is -2.18. The first kappa shape index (κ1) is 17.6. The number of methoxy groups -OCH3 is 1. The largest absolute Gasteiger partial charge is 0.368 e. The molecule has 1 aromatic carbocycles. The Morgan fingerprint density at radius 2 is 1.96 bits per heavy atom. The highest BCUT2D eigenvalue weighted by Crippen LogP contribution is 2.23. The molecule has 3 rings (SSSR count). The molecule has 1 amide bonds. The molecular formula is C19H26N4O2. The van der Waals surface area contributed by atoms with E-state index in [1.807, 2.05) is 48.9 Å². The van der Waals surface area contributed by atoms with Gasteiger partial charge in [-0.2, -0.15) is 5.10 Å². The summed E-state index contributed by atoms with van der Waals surface area (Å²) in [6, 6.07) is 10.0. The van der Waals surface area contributed by atoms with Crippen molar-refractivity contribution >= 4 is 5.91 Å². The Morgan fingerprint density at radius 1 is 1.28 bits per heavy atom. The maximum absolute atomic E-state index is 12.7. The maximum atomic E-state index is 12.7. The van der Waals surface area contributed by atoms with Gasteiger partial charge in [-0.3, -0.25) is 4.79 Å². The van der Waals surface area contributed by atoms with Gasteiger partial charge < -0.3 is 15.4 Å². The number of benzene rings is 1. The zero-order chi connectivity index (χ0) is 17.9. The Balaban J connectivity index is 1.75. The Labute approximate surface area is 148 Å². The molecule has 2 aromatic rings. The minimum atomic E-state index is -0.720. The molecule has 0 atom stereocenters. The molecule has 0 bridgehead atoms. The Morgan fingerprint density at radius 3 is 2.60 bits per heavy atom. The van der Waals surface area contributed by atoms with Crippen LogP contribution < -0.4 is 10.6 Å². The molecule has 1 aliphatic rings. The van der Waals surface area contributed by atoms with Crippen LogP contribution in [0.4, 0.5) is 0 Å². The van der Waals surface area contributed by atoms with Gasteiger partial charge in [-0.15, -0.1) is 0 Å². The van der Waals surface area contributed by atoms with Gasteiger partial charge in [0.1, 0.15) is 5.60 Å². The van der Waals surface area contributed by atoms with E-state index in [4.69, 9.17) is 4.74 Å². The van der Waals surface area contributed by atoms with Crippen molar-refractivity contribution in [2.45, 2.75) is 38.8 Å². The predicted molar refractivity (Wildman–Crippen MR) is 96.7 cm³/mol. The van der Waals surface area contributed by atoms with Crippen LogP contribution in [0.25, 0.3) is 5.69 Å². The Bertz CT molecular complexity index is 733. The van der Waals surface area contributed by atoms with Crippen molar-refractivity contribution in [3.63, 3.8) is 0 Å². The van der Waals surface area contributed by atoms with Gasteiger partial charge in [0, 0.05) is 24.9 Å². The molecular weight excluding hydrogens is 316 g/mol. The highest BCUT2D eigenvalue weighted by Gasteiger charge is 2.39. The van der Waals surface area contributed by atoms with E-state index < -0.39 is 5.60 Å². The summed E-state index contributed by atoms with van der Waals surface area (Å²) in [6.45, 7) is 6.06. The topological polar surface area (TPSA) is 68.2 Å². The van der Waals surface area contributed by atoms with Crippen LogP contribution in [0.2, 0.25) is 0 Å². The zero-order valence-electron chi connectivity index (χ0n) is 15.1. The number of rotatable bonds is 5. The first-order valence-electron chi connectivity index (χ1n) is 8.72. The van der Waals surface area contributed by atoms with Crippen molar-refractivity contribution in [3.05, 3.63) is 47.3 Å². The summed E-state index contributed by atoms with van der Waals surface area (Å²) in [7, 11) is 1.62.